The van der Waals surface area contributed by atoms with Crippen molar-refractivity contribution in [3.63, 3.8) is 0 Å². The first-order valence-electron chi connectivity index (χ1n) is 10.7. The molecular weight excluding hydrogens is 328 g/mol. The normalized spacial score (nSPS) is 50.3. The molecule has 0 aromatic heterocycles. The number of hydrogen-bond acceptors (Lipinski definition) is 3. The lowest BCUT2D eigenvalue weighted by Crippen LogP contribution is -2.54. The van der Waals surface area contributed by atoms with Crippen LogP contribution in [0.15, 0.2) is 0 Å². The Balaban J connectivity index is 1.54. The Hall–Kier alpha value is -1.06. The first-order valence-corrected chi connectivity index (χ1v) is 10.7. The molecule has 0 heterocycles. The second kappa shape index (κ2) is 6.24. The van der Waals surface area contributed by atoms with Crippen molar-refractivity contribution in [2.24, 2.45) is 40.4 Å². The molecule has 4 aliphatic carbocycles. The van der Waals surface area contributed by atoms with E-state index in [1.807, 2.05) is 0 Å². The number of hydrogen-bond donors (Lipinski definition) is 1. The minimum absolute atomic E-state index is 0.107. The van der Waals surface area contributed by atoms with Crippen molar-refractivity contribution >= 4 is 11.9 Å². The quantitative estimate of drug-likeness (QED) is 0.677. The molecule has 1 N–H and O–H groups in total. The van der Waals surface area contributed by atoms with Gasteiger partial charge in [0, 0.05) is 5.92 Å². The number of Topliss-reactive ketones (excluding diaryl/α,β-unsaturated/α-hetero) is 1. The van der Waals surface area contributed by atoms with Crippen molar-refractivity contribution < 1.29 is 19.4 Å². The summed E-state index contributed by atoms with van der Waals surface area (Å²) in [6, 6.07) is 0. The molecule has 4 nitrogen and oxygen atoms in total. The van der Waals surface area contributed by atoms with Crippen LogP contribution in [0, 0.1) is 40.4 Å². The summed E-state index contributed by atoms with van der Waals surface area (Å²) in [6.45, 7) is 6.68. The fraction of sp³-hybridized carbons (Fsp3) is 0.909. The molecule has 4 fully saturated rings. The van der Waals surface area contributed by atoms with Gasteiger partial charge < -0.3 is 9.84 Å². The minimum atomic E-state index is -1.12. The summed E-state index contributed by atoms with van der Waals surface area (Å²) in [5.41, 5.74) is 0.552. The molecule has 146 valence electrons. The summed E-state index contributed by atoms with van der Waals surface area (Å²) in [5, 5.41) is 8.96. The van der Waals surface area contributed by atoms with Crippen LogP contribution < -0.4 is 0 Å². The number of rotatable bonds is 2. The molecule has 2 unspecified atom stereocenters. The molecule has 4 aliphatic rings. The number of fused-ring (bicyclic) bond motifs is 5. The summed E-state index contributed by atoms with van der Waals surface area (Å²) >= 11 is 0. The van der Waals surface area contributed by atoms with Gasteiger partial charge in [0.1, 0.15) is 11.9 Å². The second-order valence-electron chi connectivity index (χ2n) is 10.2. The van der Waals surface area contributed by atoms with Crippen molar-refractivity contribution in [2.75, 3.05) is 0 Å². The van der Waals surface area contributed by atoms with E-state index in [-0.39, 0.29) is 17.4 Å². The average Bonchev–Trinajstić information content (AvgIpc) is 2.92. The zero-order chi connectivity index (χ0) is 18.7. The van der Waals surface area contributed by atoms with Gasteiger partial charge in [-0.25, -0.2) is 4.79 Å². The third-order valence-corrected chi connectivity index (χ3v) is 9.38. The summed E-state index contributed by atoms with van der Waals surface area (Å²) in [6.07, 6.45) is 8.87. The van der Waals surface area contributed by atoms with Crippen LogP contribution in [0.4, 0.5) is 4.79 Å². The Bertz CT molecular complexity index is 601. The number of carbonyl (C=O) groups is 2. The third-order valence-electron chi connectivity index (χ3n) is 9.38. The van der Waals surface area contributed by atoms with Crippen LogP contribution in [0.1, 0.15) is 78.6 Å². The SMILES string of the molecule is CC(=O)[C@H]1CCC2[C@@H]3CCC4C[C@H](OC(=O)O)CC[C@]4(C)[C@H]3CC[C@@]21C. The lowest BCUT2D eigenvalue weighted by Gasteiger charge is -2.61. The maximum Gasteiger partial charge on any atom is 0.506 e. The predicted octanol–water partition coefficient (Wildman–Crippen LogP) is 5.30. The number of ketones is 1. The zero-order valence-corrected chi connectivity index (χ0v) is 16.5. The van der Waals surface area contributed by atoms with Crippen molar-refractivity contribution in [3.05, 3.63) is 0 Å². The molecule has 0 bridgehead atoms. The van der Waals surface area contributed by atoms with Crippen molar-refractivity contribution in [2.45, 2.75) is 84.7 Å². The van der Waals surface area contributed by atoms with E-state index < -0.39 is 6.16 Å². The zero-order valence-electron chi connectivity index (χ0n) is 16.5. The average molecular weight is 363 g/mol. The molecule has 0 aliphatic heterocycles. The largest absolute Gasteiger partial charge is 0.506 e. The lowest BCUT2D eigenvalue weighted by molar-refractivity contribution is -0.139. The van der Waals surface area contributed by atoms with Crippen molar-refractivity contribution in [3.8, 4) is 0 Å². The number of carboxylic acid groups (broad SMARTS) is 1. The first-order chi connectivity index (χ1) is 12.3. The van der Waals surface area contributed by atoms with E-state index in [0.717, 1.165) is 37.5 Å². The molecule has 4 heteroatoms. The molecule has 4 saturated carbocycles. The van der Waals surface area contributed by atoms with Gasteiger partial charge in [0.05, 0.1) is 0 Å². The lowest BCUT2D eigenvalue weighted by atomic mass is 9.44. The summed E-state index contributed by atoms with van der Waals surface area (Å²) in [7, 11) is 0. The molecule has 8 atom stereocenters. The highest BCUT2D eigenvalue weighted by Crippen LogP contribution is 2.67. The molecule has 4 rings (SSSR count). The van der Waals surface area contributed by atoms with Crippen molar-refractivity contribution in [1.29, 1.82) is 0 Å². The van der Waals surface area contributed by atoms with E-state index in [4.69, 9.17) is 9.84 Å². The van der Waals surface area contributed by atoms with Gasteiger partial charge in [-0.2, -0.15) is 0 Å². The van der Waals surface area contributed by atoms with Crippen LogP contribution in [-0.2, 0) is 9.53 Å². The van der Waals surface area contributed by atoms with Crippen LogP contribution in [0.2, 0.25) is 0 Å². The monoisotopic (exact) mass is 362 g/mol. The maximum absolute atomic E-state index is 12.2. The fourth-order valence-electron chi connectivity index (χ4n) is 8.14. The van der Waals surface area contributed by atoms with E-state index in [2.05, 4.69) is 13.8 Å². The highest BCUT2D eigenvalue weighted by molar-refractivity contribution is 5.79. The molecule has 0 saturated heterocycles. The summed E-state index contributed by atoms with van der Waals surface area (Å²) in [5.74, 6) is 3.49. The van der Waals surface area contributed by atoms with E-state index in [1.54, 1.807) is 6.92 Å². The molecule has 0 spiro atoms. The number of carbonyl (C=O) groups excluding carboxylic acids is 1. The van der Waals surface area contributed by atoms with Crippen LogP contribution in [-0.4, -0.2) is 23.1 Å². The fourth-order valence-corrected chi connectivity index (χ4v) is 8.14. The van der Waals surface area contributed by atoms with Crippen LogP contribution in [0.5, 0.6) is 0 Å². The van der Waals surface area contributed by atoms with Crippen LogP contribution in [0.3, 0.4) is 0 Å². The highest BCUT2D eigenvalue weighted by Gasteiger charge is 2.60. The van der Waals surface area contributed by atoms with Gasteiger partial charge in [-0.3, -0.25) is 4.79 Å². The van der Waals surface area contributed by atoms with E-state index in [9.17, 15) is 9.59 Å². The molecule has 0 aromatic carbocycles. The Morgan fingerprint density at radius 3 is 2.31 bits per heavy atom. The third kappa shape index (κ3) is 2.62. The molecule has 0 aromatic rings. The highest BCUT2D eigenvalue weighted by atomic mass is 16.7. The van der Waals surface area contributed by atoms with E-state index >= 15 is 0 Å². The van der Waals surface area contributed by atoms with Gasteiger partial charge in [-0.1, -0.05) is 13.8 Å². The summed E-state index contributed by atoms with van der Waals surface area (Å²) in [4.78, 5) is 23.2. The van der Waals surface area contributed by atoms with Gasteiger partial charge in [0.2, 0.25) is 0 Å². The molecule has 26 heavy (non-hydrogen) atoms. The number of ether oxygens (including phenoxy) is 1. The molecular formula is C22H34O4. The Morgan fingerprint density at radius 2 is 1.62 bits per heavy atom. The standard InChI is InChI=1S/C22H34O4/c1-13(23)17-6-7-18-16-5-4-14-12-15(26-20(24)25)8-10-21(14,2)19(16)9-11-22(17,18)3/h14-19H,4-12H2,1-3H3,(H,24,25)/t14?,15-,16+,17-,18?,19+,21+,22-/m1/s1. The van der Waals surface area contributed by atoms with Gasteiger partial charge in [0.15, 0.2) is 0 Å². The van der Waals surface area contributed by atoms with Gasteiger partial charge >= 0.3 is 6.16 Å². The van der Waals surface area contributed by atoms with E-state index in [0.29, 0.717) is 23.0 Å². The van der Waals surface area contributed by atoms with Gasteiger partial charge in [-0.15, -0.1) is 0 Å². The van der Waals surface area contributed by atoms with Gasteiger partial charge in [0.25, 0.3) is 0 Å². The van der Waals surface area contributed by atoms with Crippen LogP contribution >= 0.6 is 0 Å². The maximum atomic E-state index is 12.2. The Kier molecular flexibility index (Phi) is 4.39. The topological polar surface area (TPSA) is 63.6 Å². The smallest absolute Gasteiger partial charge is 0.450 e. The van der Waals surface area contributed by atoms with Crippen LogP contribution in [0.25, 0.3) is 0 Å². The minimum Gasteiger partial charge on any atom is -0.450 e. The summed E-state index contributed by atoms with van der Waals surface area (Å²) < 4.78 is 5.13. The first kappa shape index (κ1) is 18.3. The van der Waals surface area contributed by atoms with Gasteiger partial charge in [-0.05, 0) is 99.2 Å². The molecule has 0 amide bonds. The van der Waals surface area contributed by atoms with E-state index in [1.165, 1.54) is 32.1 Å². The Labute approximate surface area is 157 Å². The second-order valence-corrected chi connectivity index (χ2v) is 10.2. The predicted molar refractivity (Wildman–Crippen MR) is 98.8 cm³/mol. The Morgan fingerprint density at radius 1 is 0.923 bits per heavy atom. The van der Waals surface area contributed by atoms with Crippen molar-refractivity contribution in [1.82, 2.24) is 0 Å². The molecule has 0 radical (unpaired) electrons.